The quantitative estimate of drug-likeness (QED) is 0.847. The molecule has 0 aliphatic heterocycles. The van der Waals surface area contributed by atoms with Crippen molar-refractivity contribution in [3.8, 4) is 11.8 Å². The van der Waals surface area contributed by atoms with Gasteiger partial charge in [0.15, 0.2) is 6.61 Å². The number of carbonyl (C=O) groups excluding carboxylic acids is 1. The summed E-state index contributed by atoms with van der Waals surface area (Å²) < 4.78 is 5.38. The standard InChI is InChI=1S/C17H19N3O2S/c1-3-15-12(2)23-17(20-15)8-9-19-16(21)11-22-14-6-4-13(10-18)5-7-14/h4-7H,3,8-9,11H2,1-2H3,(H,19,21). The zero-order valence-electron chi connectivity index (χ0n) is 13.3. The summed E-state index contributed by atoms with van der Waals surface area (Å²) in [5.74, 6) is 0.403. The van der Waals surface area contributed by atoms with Crippen LogP contribution in [-0.2, 0) is 17.6 Å². The van der Waals surface area contributed by atoms with Crippen LogP contribution in [0.4, 0.5) is 0 Å². The van der Waals surface area contributed by atoms with Crippen molar-refractivity contribution in [2.75, 3.05) is 13.2 Å². The van der Waals surface area contributed by atoms with Gasteiger partial charge in [-0.05, 0) is 37.6 Å². The third-order valence-electron chi connectivity index (χ3n) is 3.29. The molecular weight excluding hydrogens is 310 g/mol. The monoisotopic (exact) mass is 329 g/mol. The molecular formula is C17H19N3O2S. The number of carbonyl (C=O) groups is 1. The van der Waals surface area contributed by atoms with E-state index in [0.717, 1.165) is 23.5 Å². The average molecular weight is 329 g/mol. The molecule has 1 aromatic heterocycles. The fourth-order valence-electron chi connectivity index (χ4n) is 2.06. The van der Waals surface area contributed by atoms with Gasteiger partial charge in [-0.2, -0.15) is 5.26 Å². The van der Waals surface area contributed by atoms with Crippen molar-refractivity contribution in [2.45, 2.75) is 26.7 Å². The number of thiazole rings is 1. The van der Waals surface area contributed by atoms with Crippen molar-refractivity contribution in [2.24, 2.45) is 0 Å². The minimum atomic E-state index is -0.168. The van der Waals surface area contributed by atoms with Crippen LogP contribution in [0.3, 0.4) is 0 Å². The van der Waals surface area contributed by atoms with Crippen LogP contribution in [-0.4, -0.2) is 24.0 Å². The third kappa shape index (κ3) is 5.08. The Hall–Kier alpha value is -2.39. The van der Waals surface area contributed by atoms with E-state index in [1.807, 2.05) is 6.07 Å². The summed E-state index contributed by atoms with van der Waals surface area (Å²) in [4.78, 5) is 17.5. The molecule has 1 amide bonds. The lowest BCUT2D eigenvalue weighted by Crippen LogP contribution is -2.30. The molecule has 0 saturated heterocycles. The Balaban J connectivity index is 1.71. The van der Waals surface area contributed by atoms with Gasteiger partial charge < -0.3 is 10.1 Å². The van der Waals surface area contributed by atoms with E-state index in [1.54, 1.807) is 35.6 Å². The lowest BCUT2D eigenvalue weighted by molar-refractivity contribution is -0.123. The second-order valence-electron chi connectivity index (χ2n) is 4.99. The Kier molecular flexibility index (Phi) is 6.12. The van der Waals surface area contributed by atoms with E-state index in [1.165, 1.54) is 4.88 Å². The first-order valence-corrected chi connectivity index (χ1v) is 8.29. The number of benzene rings is 1. The Labute approximate surface area is 139 Å². The number of hydrogen-bond donors (Lipinski definition) is 1. The van der Waals surface area contributed by atoms with E-state index in [4.69, 9.17) is 10.00 Å². The molecule has 1 heterocycles. The first kappa shape index (κ1) is 17.0. The minimum Gasteiger partial charge on any atom is -0.484 e. The Morgan fingerprint density at radius 2 is 2.13 bits per heavy atom. The smallest absolute Gasteiger partial charge is 0.257 e. The van der Waals surface area contributed by atoms with Crippen molar-refractivity contribution < 1.29 is 9.53 Å². The topological polar surface area (TPSA) is 75.0 Å². The molecule has 2 aromatic rings. The van der Waals surface area contributed by atoms with E-state index in [0.29, 0.717) is 17.9 Å². The number of aryl methyl sites for hydroxylation is 2. The highest BCUT2D eigenvalue weighted by atomic mass is 32.1. The summed E-state index contributed by atoms with van der Waals surface area (Å²) in [6.07, 6.45) is 1.67. The first-order chi connectivity index (χ1) is 11.1. The Morgan fingerprint density at radius 3 is 2.74 bits per heavy atom. The second kappa shape index (κ2) is 8.30. The van der Waals surface area contributed by atoms with Crippen LogP contribution in [0.15, 0.2) is 24.3 Å². The summed E-state index contributed by atoms with van der Waals surface area (Å²) in [5.41, 5.74) is 1.70. The number of amides is 1. The molecule has 5 nitrogen and oxygen atoms in total. The average Bonchev–Trinajstić information content (AvgIpc) is 2.93. The SMILES string of the molecule is CCc1nc(CCNC(=O)COc2ccc(C#N)cc2)sc1C. The van der Waals surface area contributed by atoms with E-state index >= 15 is 0 Å². The number of hydrogen-bond acceptors (Lipinski definition) is 5. The number of aromatic nitrogens is 1. The van der Waals surface area contributed by atoms with Crippen molar-refractivity contribution in [1.29, 1.82) is 5.26 Å². The number of rotatable bonds is 7. The van der Waals surface area contributed by atoms with Crippen molar-refractivity contribution in [1.82, 2.24) is 10.3 Å². The van der Waals surface area contributed by atoms with Gasteiger partial charge in [-0.3, -0.25) is 4.79 Å². The highest BCUT2D eigenvalue weighted by molar-refractivity contribution is 7.11. The van der Waals surface area contributed by atoms with Crippen molar-refractivity contribution >= 4 is 17.2 Å². The Morgan fingerprint density at radius 1 is 1.39 bits per heavy atom. The summed E-state index contributed by atoms with van der Waals surface area (Å²) in [5, 5.41) is 12.6. The molecule has 6 heteroatoms. The first-order valence-electron chi connectivity index (χ1n) is 7.47. The van der Waals surface area contributed by atoms with Crippen LogP contribution >= 0.6 is 11.3 Å². The van der Waals surface area contributed by atoms with Crippen molar-refractivity contribution in [3.05, 3.63) is 45.4 Å². The lowest BCUT2D eigenvalue weighted by Gasteiger charge is -2.06. The molecule has 0 aliphatic carbocycles. The number of nitriles is 1. The number of nitrogens with zero attached hydrogens (tertiary/aromatic N) is 2. The van der Waals surface area contributed by atoms with Crippen LogP contribution in [0.2, 0.25) is 0 Å². The lowest BCUT2D eigenvalue weighted by atomic mass is 10.2. The zero-order valence-corrected chi connectivity index (χ0v) is 14.1. The molecule has 0 spiro atoms. The molecule has 0 aliphatic rings. The molecule has 120 valence electrons. The van der Waals surface area contributed by atoms with Crippen LogP contribution in [0.25, 0.3) is 0 Å². The highest BCUT2D eigenvalue weighted by Crippen LogP contribution is 2.18. The van der Waals surface area contributed by atoms with Gasteiger partial charge in [0.1, 0.15) is 5.75 Å². The zero-order chi connectivity index (χ0) is 16.7. The van der Waals surface area contributed by atoms with E-state index in [2.05, 4.69) is 24.1 Å². The normalized spacial score (nSPS) is 10.1. The largest absolute Gasteiger partial charge is 0.484 e. The van der Waals surface area contributed by atoms with Gasteiger partial charge >= 0.3 is 0 Å². The van der Waals surface area contributed by atoms with Crippen LogP contribution < -0.4 is 10.1 Å². The predicted molar refractivity (Wildman–Crippen MR) is 89.6 cm³/mol. The van der Waals surface area contributed by atoms with Crippen LogP contribution in [0.5, 0.6) is 5.75 Å². The maximum absolute atomic E-state index is 11.8. The van der Waals surface area contributed by atoms with Gasteiger partial charge in [-0.15, -0.1) is 11.3 Å². The number of ether oxygens (including phenoxy) is 1. The van der Waals surface area contributed by atoms with E-state index < -0.39 is 0 Å². The second-order valence-corrected chi connectivity index (χ2v) is 6.28. The summed E-state index contributed by atoms with van der Waals surface area (Å²) in [6.45, 7) is 4.67. The molecule has 1 N–H and O–H groups in total. The molecule has 0 radical (unpaired) electrons. The molecule has 0 unspecified atom stereocenters. The Bertz CT molecular complexity index is 702. The molecule has 0 fully saturated rings. The van der Waals surface area contributed by atoms with Gasteiger partial charge in [0.25, 0.3) is 5.91 Å². The molecule has 0 saturated carbocycles. The van der Waals surface area contributed by atoms with Gasteiger partial charge in [0, 0.05) is 17.8 Å². The van der Waals surface area contributed by atoms with Crippen LogP contribution in [0, 0.1) is 18.3 Å². The molecule has 0 bridgehead atoms. The molecule has 1 aromatic carbocycles. The fraction of sp³-hybridized carbons (Fsp3) is 0.353. The molecule has 0 atom stereocenters. The predicted octanol–water partition coefficient (Wildman–Crippen LogP) is 2.62. The summed E-state index contributed by atoms with van der Waals surface area (Å²) in [6, 6.07) is 8.70. The van der Waals surface area contributed by atoms with E-state index in [9.17, 15) is 4.79 Å². The van der Waals surface area contributed by atoms with Crippen molar-refractivity contribution in [3.63, 3.8) is 0 Å². The highest BCUT2D eigenvalue weighted by Gasteiger charge is 2.07. The number of nitrogens with one attached hydrogen (secondary N) is 1. The van der Waals surface area contributed by atoms with Gasteiger partial charge in [-0.1, -0.05) is 6.92 Å². The van der Waals surface area contributed by atoms with E-state index in [-0.39, 0.29) is 12.5 Å². The molecule has 23 heavy (non-hydrogen) atoms. The van der Waals surface area contributed by atoms with Crippen LogP contribution in [0.1, 0.15) is 28.1 Å². The maximum atomic E-state index is 11.8. The fourth-order valence-corrected chi connectivity index (χ4v) is 3.08. The summed E-state index contributed by atoms with van der Waals surface area (Å²) >= 11 is 1.68. The van der Waals surface area contributed by atoms with Gasteiger partial charge in [0.2, 0.25) is 0 Å². The maximum Gasteiger partial charge on any atom is 0.257 e. The van der Waals surface area contributed by atoms with Gasteiger partial charge in [0.05, 0.1) is 22.3 Å². The third-order valence-corrected chi connectivity index (χ3v) is 4.36. The minimum absolute atomic E-state index is 0.0387. The molecule has 2 rings (SSSR count). The van der Waals surface area contributed by atoms with Gasteiger partial charge in [-0.25, -0.2) is 4.98 Å². The summed E-state index contributed by atoms with van der Waals surface area (Å²) in [7, 11) is 0.